The van der Waals surface area contributed by atoms with Gasteiger partial charge in [0.2, 0.25) is 0 Å². The number of rotatable bonds is 2. The van der Waals surface area contributed by atoms with Crippen molar-refractivity contribution in [1.29, 1.82) is 0 Å². The number of aromatic nitrogens is 1. The van der Waals surface area contributed by atoms with Crippen LogP contribution in [0.4, 0.5) is 0 Å². The molecule has 7 nitrogen and oxygen atoms in total. The van der Waals surface area contributed by atoms with E-state index in [0.717, 1.165) is 0 Å². The van der Waals surface area contributed by atoms with Crippen molar-refractivity contribution in [2.24, 2.45) is 7.05 Å². The molecule has 1 saturated heterocycles. The third-order valence-corrected chi connectivity index (χ3v) is 4.77. The lowest BCUT2D eigenvalue weighted by Crippen LogP contribution is -2.56. The summed E-state index contributed by atoms with van der Waals surface area (Å²) in [5.74, 6) is -0.719. The van der Waals surface area contributed by atoms with Crippen LogP contribution >= 0.6 is 0 Å². The lowest BCUT2D eigenvalue weighted by molar-refractivity contribution is -0.114. The van der Waals surface area contributed by atoms with Gasteiger partial charge in [0.1, 0.15) is 6.10 Å². The van der Waals surface area contributed by atoms with Crippen molar-refractivity contribution in [2.75, 3.05) is 13.1 Å². The van der Waals surface area contributed by atoms with Crippen LogP contribution in [0, 0.1) is 0 Å². The van der Waals surface area contributed by atoms with Crippen LogP contribution in [0.1, 0.15) is 30.1 Å². The molecule has 3 rings (SSSR count). The van der Waals surface area contributed by atoms with E-state index in [1.807, 2.05) is 6.92 Å². The zero-order valence-electron chi connectivity index (χ0n) is 13.2. The van der Waals surface area contributed by atoms with Gasteiger partial charge in [-0.05, 0) is 31.0 Å². The Morgan fingerprint density at radius 1 is 1.48 bits per heavy atom. The largest absolute Gasteiger partial charge is 0.419 e. The molecule has 1 fully saturated rings. The van der Waals surface area contributed by atoms with E-state index < -0.39 is 17.5 Å². The number of aliphatic hydroxyl groups is 2. The Hall–Kier alpha value is -2.12. The van der Waals surface area contributed by atoms with E-state index in [4.69, 9.17) is 4.42 Å². The van der Waals surface area contributed by atoms with E-state index >= 15 is 0 Å². The van der Waals surface area contributed by atoms with Crippen LogP contribution in [0.5, 0.6) is 0 Å². The number of piperidine rings is 1. The van der Waals surface area contributed by atoms with Gasteiger partial charge in [0.05, 0.1) is 11.1 Å². The van der Waals surface area contributed by atoms with Gasteiger partial charge >= 0.3 is 5.76 Å². The van der Waals surface area contributed by atoms with Crippen LogP contribution in [0.2, 0.25) is 0 Å². The molecular weight excluding hydrogens is 300 g/mol. The fourth-order valence-corrected chi connectivity index (χ4v) is 3.00. The normalized spacial score (nSPS) is 25.0. The lowest BCUT2D eigenvalue weighted by Gasteiger charge is -2.41. The minimum atomic E-state index is -1.13. The molecule has 1 aliphatic heterocycles. The standard InChI is InChI=1S/C16H20N2O5/c1-3-16(22)6-7-18(9-13(16)19)14(20)10-4-5-12-11(8-10)17(2)15(21)23-12/h4-5,8,13,19,22H,3,6-7,9H2,1-2H3. The third kappa shape index (κ3) is 2.55. The van der Waals surface area contributed by atoms with Crippen molar-refractivity contribution < 1.29 is 19.4 Å². The summed E-state index contributed by atoms with van der Waals surface area (Å²) in [5.41, 5.74) is 0.259. The summed E-state index contributed by atoms with van der Waals surface area (Å²) in [6, 6.07) is 4.79. The van der Waals surface area contributed by atoms with E-state index in [1.165, 1.54) is 9.47 Å². The topological polar surface area (TPSA) is 95.9 Å². The Morgan fingerprint density at radius 2 is 2.22 bits per heavy atom. The first kappa shape index (κ1) is 15.8. The van der Waals surface area contributed by atoms with Crippen LogP contribution in [-0.4, -0.2) is 50.4 Å². The zero-order valence-corrected chi connectivity index (χ0v) is 13.2. The zero-order chi connectivity index (χ0) is 16.8. The predicted octanol–water partition coefficient (Wildman–Crippen LogP) is 0.479. The second-order valence-electron chi connectivity index (χ2n) is 6.08. The van der Waals surface area contributed by atoms with E-state index in [-0.39, 0.29) is 12.5 Å². The first-order valence-electron chi connectivity index (χ1n) is 7.65. The Bertz CT molecular complexity index is 808. The summed E-state index contributed by atoms with van der Waals surface area (Å²) in [7, 11) is 1.58. The SMILES string of the molecule is CCC1(O)CCN(C(=O)c2ccc3oc(=O)n(C)c3c2)CC1O. The van der Waals surface area contributed by atoms with Crippen molar-refractivity contribution >= 4 is 17.0 Å². The second kappa shape index (κ2) is 5.50. The summed E-state index contributed by atoms with van der Waals surface area (Å²) >= 11 is 0. The average molecular weight is 320 g/mol. The van der Waals surface area contributed by atoms with Gasteiger partial charge in [-0.15, -0.1) is 0 Å². The molecule has 1 aromatic heterocycles. The van der Waals surface area contributed by atoms with E-state index in [9.17, 15) is 19.8 Å². The molecule has 2 N–H and O–H groups in total. The summed E-state index contributed by atoms with van der Waals surface area (Å²) in [4.78, 5) is 25.7. The molecule has 124 valence electrons. The minimum absolute atomic E-state index is 0.0888. The number of oxazole rings is 1. The molecule has 1 aromatic carbocycles. The van der Waals surface area contributed by atoms with E-state index in [0.29, 0.717) is 36.0 Å². The molecular formula is C16H20N2O5. The first-order chi connectivity index (χ1) is 10.9. The average Bonchev–Trinajstić information content (AvgIpc) is 2.83. The molecule has 0 bridgehead atoms. The first-order valence-corrected chi connectivity index (χ1v) is 7.65. The highest BCUT2D eigenvalue weighted by atomic mass is 16.4. The van der Waals surface area contributed by atoms with Crippen LogP contribution in [0.3, 0.4) is 0 Å². The van der Waals surface area contributed by atoms with Crippen molar-refractivity contribution in [1.82, 2.24) is 9.47 Å². The number of carbonyl (C=O) groups is 1. The Balaban J connectivity index is 1.86. The Morgan fingerprint density at radius 3 is 2.87 bits per heavy atom. The van der Waals surface area contributed by atoms with Gasteiger partial charge in [-0.1, -0.05) is 6.92 Å². The van der Waals surface area contributed by atoms with Gasteiger partial charge in [0, 0.05) is 25.7 Å². The lowest BCUT2D eigenvalue weighted by atomic mass is 9.86. The van der Waals surface area contributed by atoms with Gasteiger partial charge in [0.25, 0.3) is 5.91 Å². The number of carbonyl (C=O) groups excluding carboxylic acids is 1. The highest BCUT2D eigenvalue weighted by Gasteiger charge is 2.40. The van der Waals surface area contributed by atoms with Crippen LogP contribution in [-0.2, 0) is 7.05 Å². The molecule has 2 unspecified atom stereocenters. The van der Waals surface area contributed by atoms with Crippen LogP contribution in [0.15, 0.2) is 27.4 Å². The number of nitrogens with zero attached hydrogens (tertiary/aromatic N) is 2. The minimum Gasteiger partial charge on any atom is -0.408 e. The molecule has 23 heavy (non-hydrogen) atoms. The van der Waals surface area contributed by atoms with Crippen molar-refractivity contribution in [2.45, 2.75) is 31.5 Å². The summed E-state index contributed by atoms with van der Waals surface area (Å²) in [6.07, 6.45) is -0.186. The summed E-state index contributed by atoms with van der Waals surface area (Å²) in [6.45, 7) is 2.28. The van der Waals surface area contributed by atoms with Gasteiger partial charge in [-0.3, -0.25) is 9.36 Å². The maximum atomic E-state index is 12.6. The summed E-state index contributed by atoms with van der Waals surface area (Å²) < 4.78 is 6.39. The number of hydrogen-bond acceptors (Lipinski definition) is 5. The number of aryl methyl sites for hydroxylation is 1. The number of fused-ring (bicyclic) bond motifs is 1. The molecule has 0 spiro atoms. The summed E-state index contributed by atoms with van der Waals surface area (Å²) in [5, 5.41) is 20.4. The van der Waals surface area contributed by atoms with Gasteiger partial charge < -0.3 is 19.5 Å². The van der Waals surface area contributed by atoms with Crippen molar-refractivity contribution in [3.05, 3.63) is 34.3 Å². The maximum Gasteiger partial charge on any atom is 0.419 e. The number of likely N-dealkylation sites (tertiary alicyclic amines) is 1. The molecule has 2 aromatic rings. The Kier molecular flexibility index (Phi) is 3.77. The smallest absolute Gasteiger partial charge is 0.408 e. The molecule has 2 heterocycles. The fraction of sp³-hybridized carbons (Fsp3) is 0.500. The van der Waals surface area contributed by atoms with Crippen molar-refractivity contribution in [3.8, 4) is 0 Å². The number of hydrogen-bond donors (Lipinski definition) is 2. The second-order valence-corrected chi connectivity index (χ2v) is 6.08. The van der Waals surface area contributed by atoms with Gasteiger partial charge in [-0.25, -0.2) is 4.79 Å². The monoisotopic (exact) mass is 320 g/mol. The van der Waals surface area contributed by atoms with Crippen LogP contribution < -0.4 is 5.76 Å². The quantitative estimate of drug-likeness (QED) is 0.839. The molecule has 0 saturated carbocycles. The molecule has 0 aliphatic carbocycles. The fourth-order valence-electron chi connectivity index (χ4n) is 3.00. The number of amides is 1. The molecule has 1 amide bonds. The molecule has 2 atom stereocenters. The van der Waals surface area contributed by atoms with E-state index in [1.54, 1.807) is 25.2 Å². The third-order valence-electron chi connectivity index (χ3n) is 4.77. The number of aliphatic hydroxyl groups excluding tert-OH is 1. The highest BCUT2D eigenvalue weighted by molar-refractivity contribution is 5.97. The van der Waals surface area contributed by atoms with Gasteiger partial charge in [-0.2, -0.15) is 0 Å². The molecule has 0 radical (unpaired) electrons. The molecule has 7 heteroatoms. The van der Waals surface area contributed by atoms with Crippen LogP contribution in [0.25, 0.3) is 11.1 Å². The van der Waals surface area contributed by atoms with Gasteiger partial charge in [0.15, 0.2) is 5.58 Å². The number of β-amino-alcohol motifs (C(OH)–C–C–N with tert-alkyl or cyclic N) is 1. The molecule has 1 aliphatic rings. The number of benzene rings is 1. The maximum absolute atomic E-state index is 12.6. The highest BCUT2D eigenvalue weighted by Crippen LogP contribution is 2.27. The Labute approximate surface area is 132 Å². The van der Waals surface area contributed by atoms with Crippen molar-refractivity contribution in [3.63, 3.8) is 0 Å². The predicted molar refractivity (Wildman–Crippen MR) is 83.2 cm³/mol. The van der Waals surface area contributed by atoms with E-state index in [2.05, 4.69) is 0 Å².